The van der Waals surface area contributed by atoms with Gasteiger partial charge in [0.05, 0.1) is 0 Å². The van der Waals surface area contributed by atoms with Gasteiger partial charge in [0, 0.05) is 78.4 Å². The first-order valence-electron chi connectivity index (χ1n) is 19.0. The Bertz CT molecular complexity index is 2530. The second-order valence-electron chi connectivity index (χ2n) is 13.7. The van der Waals surface area contributed by atoms with E-state index in [-0.39, 0.29) is 60.3 Å². The van der Waals surface area contributed by atoms with E-state index in [0.717, 1.165) is 39.5 Å². The summed E-state index contributed by atoms with van der Waals surface area (Å²) in [5.74, 6) is 0. The minimum atomic E-state index is 0. The Hall–Kier alpha value is -5.28. The van der Waals surface area contributed by atoms with Gasteiger partial charge in [0.25, 0.3) is 0 Å². The summed E-state index contributed by atoms with van der Waals surface area (Å²) >= 11 is 0. The number of aromatic nitrogens is 3. The molecule has 0 saturated carbocycles. The Morgan fingerprint density at radius 3 is 1.32 bits per heavy atom. The van der Waals surface area contributed by atoms with Crippen LogP contribution in [-0.4, -0.2) is 15.0 Å². The van der Waals surface area contributed by atoms with Gasteiger partial charge in [0.1, 0.15) is 0 Å². The minimum absolute atomic E-state index is 0. The summed E-state index contributed by atoms with van der Waals surface area (Å²) in [6.45, 7) is 6.16. The van der Waals surface area contributed by atoms with Gasteiger partial charge in [-0.1, -0.05) is 127 Å². The van der Waals surface area contributed by atoms with Crippen LogP contribution >= 0.6 is 0 Å². The molecule has 0 bridgehead atoms. The van der Waals surface area contributed by atoms with Crippen LogP contribution in [0.3, 0.4) is 0 Å². The molecule has 9 aromatic rings. The number of pyridine rings is 3. The van der Waals surface area contributed by atoms with Crippen LogP contribution in [-0.2, 0) is 60.3 Å². The fourth-order valence-corrected chi connectivity index (χ4v) is 6.31. The van der Waals surface area contributed by atoms with Crippen molar-refractivity contribution in [2.45, 2.75) is 20.8 Å². The van der Waals surface area contributed by atoms with E-state index in [1.807, 2.05) is 99.0 Å². The SMILES string of the molecule is Cc1ccc(-c2[c-]ccc(-c3ccccc3)c2)nc1.Cc1cccc(-c2[c-]ccc(-c3ccccc3)c2)n1.Cc1cccc(-c2cc[c-]c(-c3ccccn3)c2)c1.[Ir].[Ir].[Ir]. The Morgan fingerprint density at radius 1 is 0.350 bits per heavy atom. The van der Waals surface area contributed by atoms with E-state index in [1.165, 1.54) is 44.5 Å². The van der Waals surface area contributed by atoms with Gasteiger partial charge in [-0.05, 0) is 72.2 Å². The Kier molecular flexibility index (Phi) is 19.0. The van der Waals surface area contributed by atoms with Crippen LogP contribution in [0.1, 0.15) is 16.8 Å². The van der Waals surface area contributed by atoms with Crippen LogP contribution in [0.4, 0.5) is 0 Å². The van der Waals surface area contributed by atoms with Gasteiger partial charge in [0.15, 0.2) is 0 Å². The van der Waals surface area contributed by atoms with E-state index in [1.54, 1.807) is 0 Å². The number of hydrogen-bond donors (Lipinski definition) is 0. The molecule has 0 atom stereocenters. The van der Waals surface area contributed by atoms with Crippen molar-refractivity contribution in [3.63, 3.8) is 0 Å². The second-order valence-corrected chi connectivity index (χ2v) is 13.7. The topological polar surface area (TPSA) is 38.7 Å². The first-order chi connectivity index (χ1) is 28.0. The molecule has 0 aliphatic heterocycles. The van der Waals surface area contributed by atoms with Crippen LogP contribution in [0.2, 0.25) is 0 Å². The van der Waals surface area contributed by atoms with Gasteiger partial charge in [-0.2, -0.15) is 0 Å². The number of benzene rings is 6. The molecule has 3 radical (unpaired) electrons. The van der Waals surface area contributed by atoms with Crippen molar-refractivity contribution in [2.24, 2.45) is 0 Å². The number of hydrogen-bond acceptors (Lipinski definition) is 3. The largest absolute Gasteiger partial charge is 0.305 e. The first kappa shape index (κ1) is 47.4. The molecule has 303 valence electrons. The predicted octanol–water partition coefficient (Wildman–Crippen LogP) is 13.6. The smallest absolute Gasteiger partial charge is 0.0266 e. The molecule has 0 amide bonds. The van der Waals surface area contributed by atoms with E-state index >= 15 is 0 Å². The van der Waals surface area contributed by atoms with Crippen LogP contribution < -0.4 is 0 Å². The average Bonchev–Trinajstić information content (AvgIpc) is 3.28. The summed E-state index contributed by atoms with van der Waals surface area (Å²) in [5.41, 5.74) is 16.7. The zero-order valence-electron chi connectivity index (χ0n) is 33.4. The number of rotatable bonds is 6. The van der Waals surface area contributed by atoms with Crippen LogP contribution in [0.25, 0.3) is 67.2 Å². The van der Waals surface area contributed by atoms with E-state index in [4.69, 9.17) is 0 Å². The summed E-state index contributed by atoms with van der Waals surface area (Å²) < 4.78 is 0. The molecule has 0 aliphatic rings. The molecule has 3 heterocycles. The maximum atomic E-state index is 4.55. The molecule has 0 saturated heterocycles. The van der Waals surface area contributed by atoms with Crippen molar-refractivity contribution in [3.8, 4) is 67.2 Å². The third-order valence-electron chi connectivity index (χ3n) is 9.26. The van der Waals surface area contributed by atoms with Crippen LogP contribution in [0.5, 0.6) is 0 Å². The van der Waals surface area contributed by atoms with Crippen molar-refractivity contribution in [3.05, 3.63) is 235 Å². The molecule has 60 heavy (non-hydrogen) atoms. The molecule has 6 aromatic carbocycles. The van der Waals surface area contributed by atoms with Gasteiger partial charge in [0.2, 0.25) is 0 Å². The molecule has 9 rings (SSSR count). The first-order valence-corrected chi connectivity index (χ1v) is 19.0. The normalized spacial score (nSPS) is 9.85. The van der Waals surface area contributed by atoms with Crippen LogP contribution in [0, 0.1) is 39.0 Å². The van der Waals surface area contributed by atoms with Gasteiger partial charge in [-0.15, -0.1) is 106 Å². The Balaban J connectivity index is 0.000000194. The fraction of sp³-hybridized carbons (Fsp3) is 0.0556. The van der Waals surface area contributed by atoms with E-state index in [0.29, 0.717) is 0 Å². The molecule has 0 aliphatic carbocycles. The summed E-state index contributed by atoms with van der Waals surface area (Å²) in [7, 11) is 0. The van der Waals surface area contributed by atoms with Gasteiger partial charge < -0.3 is 15.0 Å². The van der Waals surface area contributed by atoms with E-state index < -0.39 is 0 Å². The molecule has 0 unspecified atom stereocenters. The molecular formula is C54H42Ir3N3-3. The molecule has 6 heteroatoms. The van der Waals surface area contributed by atoms with Crippen molar-refractivity contribution in [1.82, 2.24) is 15.0 Å². The van der Waals surface area contributed by atoms with Gasteiger partial charge in [-0.3, -0.25) is 0 Å². The summed E-state index contributed by atoms with van der Waals surface area (Å²) in [5, 5.41) is 0. The molecule has 0 spiro atoms. The summed E-state index contributed by atoms with van der Waals surface area (Å²) in [6, 6.07) is 73.6. The van der Waals surface area contributed by atoms with Crippen molar-refractivity contribution in [1.29, 1.82) is 0 Å². The monoisotopic (exact) mass is 1310 g/mol. The van der Waals surface area contributed by atoms with E-state index in [9.17, 15) is 0 Å². The minimum Gasteiger partial charge on any atom is -0.305 e. The maximum Gasteiger partial charge on any atom is 0.0266 e. The van der Waals surface area contributed by atoms with Crippen molar-refractivity contribution < 1.29 is 60.3 Å². The molecule has 3 nitrogen and oxygen atoms in total. The molecule has 3 aromatic heterocycles. The van der Waals surface area contributed by atoms with Gasteiger partial charge in [-0.25, -0.2) is 0 Å². The average molecular weight is 1310 g/mol. The number of aryl methyl sites for hydroxylation is 3. The molecular weight excluding hydrogens is 1270 g/mol. The summed E-state index contributed by atoms with van der Waals surface area (Å²) in [6.07, 6.45) is 3.70. The predicted molar refractivity (Wildman–Crippen MR) is 236 cm³/mol. The fourth-order valence-electron chi connectivity index (χ4n) is 6.31. The van der Waals surface area contributed by atoms with Crippen molar-refractivity contribution >= 4 is 0 Å². The van der Waals surface area contributed by atoms with Crippen LogP contribution in [0.15, 0.2) is 200 Å². The quantitative estimate of drug-likeness (QED) is 0.156. The third-order valence-corrected chi connectivity index (χ3v) is 9.26. The van der Waals surface area contributed by atoms with E-state index in [2.05, 4.69) is 155 Å². The van der Waals surface area contributed by atoms with Gasteiger partial charge >= 0.3 is 0 Å². The Morgan fingerprint density at radius 2 is 0.817 bits per heavy atom. The maximum absolute atomic E-state index is 4.55. The zero-order valence-corrected chi connectivity index (χ0v) is 40.6. The van der Waals surface area contributed by atoms with Crippen molar-refractivity contribution in [2.75, 3.05) is 0 Å². The zero-order chi connectivity index (χ0) is 39.2. The molecule has 0 fully saturated rings. The summed E-state index contributed by atoms with van der Waals surface area (Å²) in [4.78, 5) is 13.4. The molecule has 0 N–H and O–H groups in total. The Labute approximate surface area is 395 Å². The third kappa shape index (κ3) is 13.4. The standard InChI is InChI=1S/3C18H14N.3Ir/c1-14-6-4-7-15(12-14)16-8-5-9-17(13-16)18-10-2-3-11-19-18;1-14-7-5-12-18(19-14)17-11-6-10-16(13-17)15-8-3-2-4-9-15;1-14-10-11-18(19-13-14)17-9-5-8-16(12-17)15-6-3-2-4-7-15;;;/h2-8,10-13H,1H3;2-10,12-13H,1H3;2-8,10-13H,1H3;;;/q3*-1;;;. The number of nitrogens with zero attached hydrogens (tertiary/aromatic N) is 3. The second kappa shape index (κ2) is 24.1.